The van der Waals surface area contributed by atoms with Crippen molar-refractivity contribution in [1.82, 2.24) is 20.5 Å². The topological polar surface area (TPSA) is 52.6 Å². The first-order valence-corrected chi connectivity index (χ1v) is 7.94. The van der Waals surface area contributed by atoms with Gasteiger partial charge in [-0.15, -0.1) is 24.0 Å². The van der Waals surface area contributed by atoms with E-state index < -0.39 is 0 Å². The van der Waals surface area contributed by atoms with Gasteiger partial charge in [0.05, 0.1) is 12.2 Å². The van der Waals surface area contributed by atoms with Crippen molar-refractivity contribution in [3.05, 3.63) is 30.1 Å². The second-order valence-corrected chi connectivity index (χ2v) is 4.82. The van der Waals surface area contributed by atoms with E-state index in [1.54, 1.807) is 6.20 Å². The maximum absolute atomic E-state index is 4.56. The van der Waals surface area contributed by atoms with Crippen molar-refractivity contribution in [2.45, 2.75) is 33.7 Å². The van der Waals surface area contributed by atoms with E-state index in [-0.39, 0.29) is 24.0 Å². The number of hydrogen-bond donors (Lipinski definition) is 2. The van der Waals surface area contributed by atoms with Gasteiger partial charge in [0.25, 0.3) is 0 Å². The van der Waals surface area contributed by atoms with Crippen LogP contribution in [0.3, 0.4) is 0 Å². The summed E-state index contributed by atoms with van der Waals surface area (Å²) >= 11 is 0. The molecule has 22 heavy (non-hydrogen) atoms. The average Bonchev–Trinajstić information content (AvgIpc) is 2.53. The molecule has 0 saturated carbocycles. The molecule has 0 aromatic carbocycles. The van der Waals surface area contributed by atoms with Crippen LogP contribution in [0, 0.1) is 0 Å². The summed E-state index contributed by atoms with van der Waals surface area (Å²) in [4.78, 5) is 11.3. The van der Waals surface area contributed by atoms with Gasteiger partial charge in [0.2, 0.25) is 0 Å². The predicted octanol–water partition coefficient (Wildman–Crippen LogP) is 2.49. The Balaban J connectivity index is 0.00000441. The summed E-state index contributed by atoms with van der Waals surface area (Å²) in [6.45, 7) is 12.2. The van der Waals surface area contributed by atoms with Crippen molar-refractivity contribution >= 4 is 29.9 Å². The summed E-state index contributed by atoms with van der Waals surface area (Å²) < 4.78 is 0. The average molecular weight is 419 g/mol. The zero-order chi connectivity index (χ0) is 15.3. The van der Waals surface area contributed by atoms with Gasteiger partial charge in [0, 0.05) is 19.3 Å². The largest absolute Gasteiger partial charge is 0.357 e. The highest BCUT2D eigenvalue weighted by Gasteiger charge is 2.00. The van der Waals surface area contributed by atoms with E-state index in [1.807, 2.05) is 18.2 Å². The summed E-state index contributed by atoms with van der Waals surface area (Å²) in [5.41, 5.74) is 0.984. The van der Waals surface area contributed by atoms with Gasteiger partial charge in [-0.2, -0.15) is 0 Å². The van der Waals surface area contributed by atoms with Gasteiger partial charge in [0.1, 0.15) is 0 Å². The lowest BCUT2D eigenvalue weighted by Crippen LogP contribution is -2.38. The van der Waals surface area contributed by atoms with Gasteiger partial charge in [-0.25, -0.2) is 4.99 Å². The SMILES string of the molecule is CCNC(=NCc1ccccn1)NCCCN(CC)CC.I. The van der Waals surface area contributed by atoms with E-state index in [0.29, 0.717) is 6.54 Å². The quantitative estimate of drug-likeness (QED) is 0.280. The number of halogens is 1. The molecule has 0 saturated heterocycles. The van der Waals surface area contributed by atoms with E-state index in [0.717, 1.165) is 50.8 Å². The van der Waals surface area contributed by atoms with Crippen molar-refractivity contribution in [2.24, 2.45) is 4.99 Å². The number of guanidine groups is 1. The van der Waals surface area contributed by atoms with Crippen LogP contribution in [0.4, 0.5) is 0 Å². The van der Waals surface area contributed by atoms with Gasteiger partial charge < -0.3 is 15.5 Å². The van der Waals surface area contributed by atoms with Crippen LogP contribution in [0.1, 0.15) is 32.9 Å². The first kappa shape index (κ1) is 21.1. The van der Waals surface area contributed by atoms with Crippen LogP contribution in [-0.4, -0.2) is 48.6 Å². The molecule has 0 aliphatic rings. The lowest BCUT2D eigenvalue weighted by Gasteiger charge is -2.18. The molecule has 0 aliphatic heterocycles. The molecule has 1 rings (SSSR count). The fourth-order valence-corrected chi connectivity index (χ4v) is 2.04. The van der Waals surface area contributed by atoms with Crippen LogP contribution in [0.5, 0.6) is 0 Å². The summed E-state index contributed by atoms with van der Waals surface area (Å²) in [6, 6.07) is 5.90. The van der Waals surface area contributed by atoms with Gasteiger partial charge in [-0.1, -0.05) is 19.9 Å². The number of hydrogen-bond acceptors (Lipinski definition) is 3. The Labute approximate surface area is 152 Å². The van der Waals surface area contributed by atoms with E-state index in [1.165, 1.54) is 0 Å². The molecule has 1 aromatic heterocycles. The maximum atomic E-state index is 4.56. The Morgan fingerprint density at radius 3 is 2.55 bits per heavy atom. The Morgan fingerprint density at radius 2 is 1.95 bits per heavy atom. The Morgan fingerprint density at radius 1 is 1.18 bits per heavy atom. The van der Waals surface area contributed by atoms with Crippen molar-refractivity contribution in [3.8, 4) is 0 Å². The zero-order valence-electron chi connectivity index (χ0n) is 14.0. The molecular formula is C16H30IN5. The van der Waals surface area contributed by atoms with Crippen molar-refractivity contribution in [3.63, 3.8) is 0 Å². The number of rotatable bonds is 9. The number of pyridine rings is 1. The lowest BCUT2D eigenvalue weighted by atomic mass is 10.3. The second kappa shape index (κ2) is 13.8. The molecule has 1 heterocycles. The summed E-state index contributed by atoms with van der Waals surface area (Å²) in [7, 11) is 0. The first-order chi connectivity index (χ1) is 10.3. The smallest absolute Gasteiger partial charge is 0.191 e. The molecule has 0 amide bonds. The summed E-state index contributed by atoms with van der Waals surface area (Å²) in [6.07, 6.45) is 2.92. The molecule has 5 nitrogen and oxygen atoms in total. The summed E-state index contributed by atoms with van der Waals surface area (Å²) in [5, 5.41) is 6.65. The van der Waals surface area contributed by atoms with E-state index in [2.05, 4.69) is 46.3 Å². The maximum Gasteiger partial charge on any atom is 0.191 e. The normalized spacial score (nSPS) is 11.2. The highest BCUT2D eigenvalue weighted by molar-refractivity contribution is 14.0. The van der Waals surface area contributed by atoms with Crippen molar-refractivity contribution in [1.29, 1.82) is 0 Å². The van der Waals surface area contributed by atoms with Gasteiger partial charge in [-0.05, 0) is 45.1 Å². The molecule has 0 unspecified atom stereocenters. The first-order valence-electron chi connectivity index (χ1n) is 7.94. The Kier molecular flexibility index (Phi) is 13.2. The molecular weight excluding hydrogens is 389 g/mol. The third-order valence-corrected chi connectivity index (χ3v) is 3.31. The number of aliphatic imine (C=N–C) groups is 1. The third kappa shape index (κ3) is 9.19. The van der Waals surface area contributed by atoms with Crippen LogP contribution in [0.15, 0.2) is 29.4 Å². The molecule has 0 aliphatic carbocycles. The van der Waals surface area contributed by atoms with Crippen molar-refractivity contribution in [2.75, 3.05) is 32.7 Å². The van der Waals surface area contributed by atoms with Crippen LogP contribution >= 0.6 is 24.0 Å². The van der Waals surface area contributed by atoms with E-state index >= 15 is 0 Å². The highest BCUT2D eigenvalue weighted by atomic mass is 127. The number of nitrogens with zero attached hydrogens (tertiary/aromatic N) is 3. The van der Waals surface area contributed by atoms with Crippen molar-refractivity contribution < 1.29 is 0 Å². The highest BCUT2D eigenvalue weighted by Crippen LogP contribution is 1.95. The second-order valence-electron chi connectivity index (χ2n) is 4.82. The molecule has 1 aromatic rings. The molecule has 0 atom stereocenters. The monoisotopic (exact) mass is 419 g/mol. The Hall–Kier alpha value is -0.890. The molecule has 0 spiro atoms. The van der Waals surface area contributed by atoms with Crippen LogP contribution in [-0.2, 0) is 6.54 Å². The third-order valence-electron chi connectivity index (χ3n) is 3.31. The van der Waals surface area contributed by atoms with Gasteiger partial charge in [-0.3, -0.25) is 4.98 Å². The standard InChI is InChI=1S/C16H29N5.HI/c1-4-17-16(19-12-9-13-21(5-2)6-3)20-14-15-10-7-8-11-18-15;/h7-8,10-11H,4-6,9,12-14H2,1-3H3,(H2,17,19,20);1H. The zero-order valence-corrected chi connectivity index (χ0v) is 16.3. The molecule has 0 radical (unpaired) electrons. The lowest BCUT2D eigenvalue weighted by molar-refractivity contribution is 0.300. The van der Waals surface area contributed by atoms with Gasteiger partial charge in [0.15, 0.2) is 5.96 Å². The van der Waals surface area contributed by atoms with Crippen LogP contribution in [0.25, 0.3) is 0 Å². The number of aromatic nitrogens is 1. The molecule has 0 fully saturated rings. The minimum absolute atomic E-state index is 0. The van der Waals surface area contributed by atoms with Crippen LogP contribution < -0.4 is 10.6 Å². The minimum atomic E-state index is 0. The fraction of sp³-hybridized carbons (Fsp3) is 0.625. The Bertz CT molecular complexity index is 393. The molecule has 126 valence electrons. The number of nitrogens with one attached hydrogen (secondary N) is 2. The van der Waals surface area contributed by atoms with Crippen LogP contribution in [0.2, 0.25) is 0 Å². The molecule has 6 heteroatoms. The van der Waals surface area contributed by atoms with E-state index in [9.17, 15) is 0 Å². The predicted molar refractivity (Wildman–Crippen MR) is 105 cm³/mol. The van der Waals surface area contributed by atoms with Gasteiger partial charge >= 0.3 is 0 Å². The molecule has 2 N–H and O–H groups in total. The fourth-order valence-electron chi connectivity index (χ4n) is 2.04. The molecule has 0 bridgehead atoms. The summed E-state index contributed by atoms with van der Waals surface area (Å²) in [5.74, 6) is 0.864. The minimum Gasteiger partial charge on any atom is -0.357 e. The van der Waals surface area contributed by atoms with E-state index in [4.69, 9.17) is 0 Å².